The highest BCUT2D eigenvalue weighted by Gasteiger charge is 2.47. The topological polar surface area (TPSA) is 80.4 Å². The first-order valence-corrected chi connectivity index (χ1v) is 11.2. The molecule has 5 heterocycles. The molecule has 3 saturated heterocycles. The van der Waals surface area contributed by atoms with E-state index in [4.69, 9.17) is 20.4 Å². The lowest BCUT2D eigenvalue weighted by Crippen LogP contribution is -2.30. The fourth-order valence-electron chi connectivity index (χ4n) is 5.48. The molecule has 1 atom stereocenters. The van der Waals surface area contributed by atoms with Gasteiger partial charge >= 0.3 is 6.18 Å². The summed E-state index contributed by atoms with van der Waals surface area (Å²) in [6.45, 7) is 4.30. The third-order valence-corrected chi connectivity index (χ3v) is 7.35. The standard InChI is InChI=1S/C23H25F3N6O/c1-33-3-2-31-10-15-16(11-31)20(15)19-7-18(13-6-17(23(24,25)26)21(27)28-8-13)29-22(30-19)32-9-12-4-14(32)5-12/h6-8,12,14-15H,2-5,9-11H2,1H3,(H2,27,28). The van der Waals surface area contributed by atoms with Crippen LogP contribution in [0.4, 0.5) is 24.9 Å². The second-order valence-electron chi connectivity index (χ2n) is 9.46. The van der Waals surface area contributed by atoms with E-state index in [1.165, 1.54) is 17.3 Å². The van der Waals surface area contributed by atoms with E-state index in [1.807, 2.05) is 0 Å². The van der Waals surface area contributed by atoms with Crippen molar-refractivity contribution in [3.63, 3.8) is 0 Å². The summed E-state index contributed by atoms with van der Waals surface area (Å²) in [6.07, 6.45) is -0.945. The second kappa shape index (κ2) is 7.39. The smallest absolute Gasteiger partial charge is 0.383 e. The number of halogens is 3. The Bertz CT molecular complexity index is 1140. The number of nitrogens with two attached hydrogens (primary N) is 1. The van der Waals surface area contributed by atoms with Gasteiger partial charge in [0.05, 0.1) is 23.6 Å². The van der Waals surface area contributed by atoms with Gasteiger partial charge in [-0.2, -0.15) is 13.2 Å². The zero-order chi connectivity index (χ0) is 22.9. The van der Waals surface area contributed by atoms with Gasteiger partial charge < -0.3 is 15.4 Å². The molecule has 2 bridgehead atoms. The monoisotopic (exact) mass is 458 g/mol. The number of methoxy groups -OCH3 is 1. The van der Waals surface area contributed by atoms with Gasteiger partial charge in [-0.3, -0.25) is 4.90 Å². The normalized spacial score (nSPS) is 26.1. The Morgan fingerprint density at radius 1 is 1.15 bits per heavy atom. The molecule has 7 rings (SSSR count). The van der Waals surface area contributed by atoms with E-state index in [0.29, 0.717) is 41.7 Å². The molecule has 1 saturated carbocycles. The van der Waals surface area contributed by atoms with Crippen LogP contribution >= 0.6 is 0 Å². The van der Waals surface area contributed by atoms with E-state index in [-0.39, 0.29) is 0 Å². The van der Waals surface area contributed by atoms with Crippen LogP contribution < -0.4 is 10.6 Å². The van der Waals surface area contributed by atoms with Gasteiger partial charge in [-0.1, -0.05) is 0 Å². The fraction of sp³-hybridized carbons (Fsp3) is 0.522. The van der Waals surface area contributed by atoms with Crippen molar-refractivity contribution in [3.8, 4) is 11.3 Å². The van der Waals surface area contributed by atoms with Crippen molar-refractivity contribution < 1.29 is 17.9 Å². The molecule has 10 heteroatoms. The molecule has 2 aromatic rings. The van der Waals surface area contributed by atoms with Crippen molar-refractivity contribution in [2.75, 3.05) is 50.5 Å². The van der Waals surface area contributed by atoms with Gasteiger partial charge in [0.15, 0.2) is 0 Å². The van der Waals surface area contributed by atoms with Gasteiger partial charge in [0.1, 0.15) is 5.82 Å². The molecule has 174 valence electrons. The summed E-state index contributed by atoms with van der Waals surface area (Å²) in [5.41, 5.74) is 8.70. The number of hydrogen-bond donors (Lipinski definition) is 1. The number of pyridine rings is 1. The number of aromatic nitrogens is 3. The summed E-state index contributed by atoms with van der Waals surface area (Å²) >= 11 is 0. The van der Waals surface area contributed by atoms with Crippen molar-refractivity contribution in [3.05, 3.63) is 35.2 Å². The summed E-state index contributed by atoms with van der Waals surface area (Å²) in [4.78, 5) is 18.0. The first-order valence-electron chi connectivity index (χ1n) is 11.2. The molecule has 5 aliphatic rings. The number of nitrogens with zero attached hydrogens (tertiary/aromatic N) is 5. The fourth-order valence-corrected chi connectivity index (χ4v) is 5.48. The van der Waals surface area contributed by atoms with Crippen molar-refractivity contribution in [2.24, 2.45) is 11.8 Å². The maximum absolute atomic E-state index is 13.4. The molecular weight excluding hydrogens is 433 g/mol. The maximum Gasteiger partial charge on any atom is 0.419 e. The van der Waals surface area contributed by atoms with Crippen molar-refractivity contribution in [2.45, 2.75) is 25.1 Å². The minimum Gasteiger partial charge on any atom is -0.383 e. The first-order chi connectivity index (χ1) is 15.8. The minimum atomic E-state index is -4.58. The highest BCUT2D eigenvalue weighted by molar-refractivity contribution is 5.87. The van der Waals surface area contributed by atoms with Crippen LogP contribution in [0.2, 0.25) is 0 Å². The molecule has 4 fully saturated rings. The molecule has 7 nitrogen and oxygen atoms in total. The summed E-state index contributed by atoms with van der Waals surface area (Å²) in [7, 11) is 1.70. The lowest BCUT2D eigenvalue weighted by atomic mass is 9.86. The minimum absolute atomic E-state index is 0.297. The van der Waals surface area contributed by atoms with E-state index < -0.39 is 17.6 Å². The first kappa shape index (κ1) is 20.9. The van der Waals surface area contributed by atoms with E-state index in [9.17, 15) is 13.2 Å². The highest BCUT2D eigenvalue weighted by Crippen LogP contribution is 2.52. The average molecular weight is 458 g/mol. The van der Waals surface area contributed by atoms with Crippen LogP contribution in [-0.4, -0.2) is 65.8 Å². The predicted molar refractivity (Wildman–Crippen MR) is 117 cm³/mol. The van der Waals surface area contributed by atoms with Crippen molar-refractivity contribution in [1.29, 1.82) is 0 Å². The summed E-state index contributed by atoms with van der Waals surface area (Å²) in [5, 5.41) is 0. The Balaban J connectivity index is 1.37. The Labute approximate surface area is 189 Å². The van der Waals surface area contributed by atoms with Crippen molar-refractivity contribution in [1.82, 2.24) is 19.9 Å². The number of ether oxygens (including phenoxy) is 1. The van der Waals surface area contributed by atoms with Crippen LogP contribution in [0.1, 0.15) is 24.1 Å². The van der Waals surface area contributed by atoms with Gasteiger partial charge in [0.25, 0.3) is 0 Å². The van der Waals surface area contributed by atoms with Gasteiger partial charge in [0.2, 0.25) is 5.95 Å². The summed E-state index contributed by atoms with van der Waals surface area (Å²) in [5.74, 6) is 1.10. The molecule has 2 N–H and O–H groups in total. The summed E-state index contributed by atoms with van der Waals surface area (Å²) in [6, 6.07) is 3.27. The molecule has 2 aliphatic carbocycles. The van der Waals surface area contributed by atoms with E-state index in [0.717, 1.165) is 50.8 Å². The average Bonchev–Trinajstić information content (AvgIpc) is 3.16. The van der Waals surface area contributed by atoms with Crippen LogP contribution in [0.25, 0.3) is 16.8 Å². The van der Waals surface area contributed by atoms with Gasteiger partial charge in [0, 0.05) is 57.0 Å². The van der Waals surface area contributed by atoms with Crippen LogP contribution in [0, 0.1) is 11.8 Å². The number of alkyl halides is 3. The third kappa shape index (κ3) is 3.56. The Kier molecular flexibility index (Phi) is 4.67. The number of hydrogen-bond acceptors (Lipinski definition) is 7. The summed E-state index contributed by atoms with van der Waals surface area (Å²) < 4.78 is 45.5. The molecule has 0 aromatic carbocycles. The second-order valence-corrected chi connectivity index (χ2v) is 9.46. The van der Waals surface area contributed by atoms with Gasteiger partial charge in [-0.25, -0.2) is 15.0 Å². The Hall–Kier alpha value is -2.72. The molecule has 1 unspecified atom stereocenters. The SMILES string of the molecule is COCCN1CC2=C(c3cc(-c4cnc(N)c(C(F)(F)F)c4)nc(N4CC5CC4C5)n3)C2C1. The van der Waals surface area contributed by atoms with E-state index >= 15 is 0 Å². The van der Waals surface area contributed by atoms with E-state index in [2.05, 4.69) is 14.8 Å². The molecule has 3 aliphatic heterocycles. The number of rotatable bonds is 6. The Morgan fingerprint density at radius 2 is 1.94 bits per heavy atom. The van der Waals surface area contributed by atoms with E-state index in [1.54, 1.807) is 13.2 Å². The van der Waals surface area contributed by atoms with Crippen LogP contribution in [-0.2, 0) is 10.9 Å². The maximum atomic E-state index is 13.4. The lowest BCUT2D eigenvalue weighted by Gasteiger charge is -2.26. The third-order valence-electron chi connectivity index (χ3n) is 7.35. The zero-order valence-corrected chi connectivity index (χ0v) is 18.3. The molecule has 33 heavy (non-hydrogen) atoms. The molecule has 0 spiro atoms. The molecule has 0 radical (unpaired) electrons. The quantitative estimate of drug-likeness (QED) is 0.713. The van der Waals surface area contributed by atoms with Crippen LogP contribution in [0.15, 0.2) is 23.9 Å². The zero-order valence-electron chi connectivity index (χ0n) is 18.3. The van der Waals surface area contributed by atoms with Crippen LogP contribution in [0.3, 0.4) is 0 Å². The van der Waals surface area contributed by atoms with Gasteiger partial charge in [-0.15, -0.1) is 0 Å². The highest BCUT2D eigenvalue weighted by atomic mass is 19.4. The number of fused-ring (bicyclic) bond motifs is 2. The molecule has 0 amide bonds. The molecule has 2 aromatic heterocycles. The number of anilines is 2. The predicted octanol–water partition coefficient (Wildman–Crippen LogP) is 3.08. The lowest BCUT2D eigenvalue weighted by molar-refractivity contribution is -0.137. The number of likely N-dealkylation sites (tertiary alicyclic amines) is 1. The molecular formula is C23H25F3N6O. The number of nitrogen functional groups attached to an aromatic ring is 1. The van der Waals surface area contributed by atoms with Crippen molar-refractivity contribution >= 4 is 17.3 Å². The van der Waals surface area contributed by atoms with Crippen LogP contribution in [0.5, 0.6) is 0 Å². The van der Waals surface area contributed by atoms with Gasteiger partial charge in [-0.05, 0) is 42.0 Å². The Morgan fingerprint density at radius 3 is 2.58 bits per heavy atom. The largest absolute Gasteiger partial charge is 0.419 e.